The molecule has 0 spiro atoms. The molecule has 10 heteroatoms. The molecule has 3 aliphatic carbocycles. The third-order valence-electron chi connectivity index (χ3n) is 23.3. The van der Waals surface area contributed by atoms with Crippen LogP contribution >= 0.6 is 0 Å². The number of hydrogen-bond donors (Lipinski definition) is 0. The Bertz CT molecular complexity index is 7290. The van der Waals surface area contributed by atoms with Crippen molar-refractivity contribution in [2.45, 2.75) is 0 Å². The van der Waals surface area contributed by atoms with E-state index in [1.807, 2.05) is 78.9 Å². The molecule has 6 heterocycles. The topological polar surface area (TPSA) is 105 Å². The molecule has 0 atom stereocenters. The van der Waals surface area contributed by atoms with E-state index in [1.165, 1.54) is 149 Å². The minimum absolute atomic E-state index is 0.594. The fourth-order valence-electron chi connectivity index (χ4n) is 18.2. The van der Waals surface area contributed by atoms with Crippen LogP contribution in [-0.4, -0.2) is 48.6 Å². The van der Waals surface area contributed by atoms with E-state index in [0.29, 0.717) is 29.5 Å². The van der Waals surface area contributed by atoms with Crippen LogP contribution in [0.3, 0.4) is 0 Å². The second-order valence-corrected chi connectivity index (χ2v) is 29.8. The van der Waals surface area contributed by atoms with E-state index in [4.69, 9.17) is 24.9 Å². The van der Waals surface area contributed by atoms with Crippen molar-refractivity contribution >= 4 is 65.0 Å². The molecule has 0 radical (unpaired) electrons. The fraction of sp³-hybridized carbons (Fsp3) is 0. The van der Waals surface area contributed by atoms with Gasteiger partial charge in [-0.25, -0.2) is 24.9 Å². The van der Waals surface area contributed by atoms with Crippen LogP contribution in [0.5, 0.6) is 0 Å². The normalized spacial score (nSPS) is 11.8. The summed E-state index contributed by atoms with van der Waals surface area (Å²) >= 11 is 0. The first-order valence-electron chi connectivity index (χ1n) is 39.5. The van der Waals surface area contributed by atoms with Gasteiger partial charge in [-0.2, -0.15) is 9.97 Å². The van der Waals surface area contributed by atoms with Gasteiger partial charge in [0.05, 0.1) is 27.9 Å². The molecule has 3 aliphatic rings. The van der Waals surface area contributed by atoms with Gasteiger partial charge in [-0.05, 0) is 129 Å². The Labute approximate surface area is 673 Å². The van der Waals surface area contributed by atoms with Crippen LogP contribution in [0.25, 0.3) is 228 Å². The van der Waals surface area contributed by atoms with Crippen molar-refractivity contribution in [3.8, 4) is 163 Å². The Morgan fingerprint density at radius 1 is 0.188 bits per heavy atom. The first kappa shape index (κ1) is 66.8. The summed E-state index contributed by atoms with van der Waals surface area (Å²) in [5.41, 5.74) is 31.4. The number of aromatic nitrogens is 10. The molecule has 16 aromatic carbocycles. The minimum Gasteiger partial charge on any atom is -0.285 e. The summed E-state index contributed by atoms with van der Waals surface area (Å²) in [6, 6.07) is 130. The zero-order chi connectivity index (χ0) is 77.0. The standard InChI is InChI=1S/C40H25N3.C39H24N4.C28H17N3/c1-3-13-26(14-4-1)35-24-36(27-15-5-2-6-16-27)42-40(41-35)43-25-34-32-21-10-9-19-30(32)31-20-11-12-22-33(31)38-29-18-8-7-17-28(29)23-37(43)39(34)38;1-3-13-25(14-4-1)37-40-38(26-15-5-2-6-16-26)42-39(41-37)43-24-33-31-21-10-9-19-29(31)30-20-11-12-22-32(30)35-28-18-8-7-17-27(28)23-34(43)36(33)35;1-2-9-19-18(8-1)16-25-27-24(17-31(25)28-29-14-7-15-30-28)22-12-4-3-10-20(22)21-11-5-6-13-23(21)26(19)27/h1-25H;1-24H;1-17H. The van der Waals surface area contributed by atoms with Crippen molar-refractivity contribution < 1.29 is 0 Å². The fourth-order valence-corrected chi connectivity index (χ4v) is 18.2. The van der Waals surface area contributed by atoms with Crippen LogP contribution in [0.4, 0.5) is 0 Å². The second-order valence-electron chi connectivity index (χ2n) is 29.8. The van der Waals surface area contributed by atoms with Gasteiger partial charge in [0.25, 0.3) is 0 Å². The van der Waals surface area contributed by atoms with Gasteiger partial charge in [-0.1, -0.05) is 340 Å². The Balaban J connectivity index is 0.000000105. The van der Waals surface area contributed by atoms with Crippen LogP contribution in [-0.2, 0) is 0 Å². The average Bonchev–Trinajstić information content (AvgIpc) is 1.57. The monoisotopic (exact) mass is 1490 g/mol. The highest BCUT2D eigenvalue weighted by Crippen LogP contribution is 2.55. The van der Waals surface area contributed by atoms with E-state index < -0.39 is 0 Å². The largest absolute Gasteiger partial charge is 0.285 e. The molecule has 10 nitrogen and oxygen atoms in total. The molecule has 0 N–H and O–H groups in total. The van der Waals surface area contributed by atoms with Crippen molar-refractivity contribution in [2.24, 2.45) is 0 Å². The van der Waals surface area contributed by atoms with Crippen molar-refractivity contribution in [1.82, 2.24) is 48.6 Å². The lowest BCUT2D eigenvalue weighted by Crippen LogP contribution is -2.05. The Kier molecular flexibility index (Phi) is 15.7. The number of fused-ring (bicyclic) bond motifs is 21. The molecule has 0 bridgehead atoms. The highest BCUT2D eigenvalue weighted by molar-refractivity contribution is 6.25. The molecule has 0 unspecified atom stereocenters. The number of hydrogen-bond acceptors (Lipinski definition) is 7. The summed E-state index contributed by atoms with van der Waals surface area (Å²) in [6.07, 6.45) is 10.3. The molecule has 117 heavy (non-hydrogen) atoms. The summed E-state index contributed by atoms with van der Waals surface area (Å²) in [5, 5.41) is 11.0. The van der Waals surface area contributed by atoms with Gasteiger partial charge in [-0.15, -0.1) is 0 Å². The molecule has 0 aliphatic heterocycles. The molecule has 0 fully saturated rings. The van der Waals surface area contributed by atoms with Crippen LogP contribution in [0.15, 0.2) is 401 Å². The van der Waals surface area contributed by atoms with E-state index in [2.05, 4.69) is 333 Å². The molecule has 0 saturated carbocycles. The highest BCUT2D eigenvalue weighted by Gasteiger charge is 2.31. The van der Waals surface area contributed by atoms with E-state index in [1.54, 1.807) is 12.4 Å². The van der Waals surface area contributed by atoms with Gasteiger partial charge in [0.1, 0.15) is 0 Å². The van der Waals surface area contributed by atoms with Gasteiger partial charge < -0.3 is 0 Å². The molecular formula is C107H66N10. The summed E-state index contributed by atoms with van der Waals surface area (Å²) in [6.45, 7) is 0. The summed E-state index contributed by atoms with van der Waals surface area (Å²) < 4.78 is 6.49. The first-order chi connectivity index (χ1) is 58.1. The lowest BCUT2D eigenvalue weighted by atomic mass is 9.91. The smallest absolute Gasteiger partial charge is 0.238 e. The van der Waals surface area contributed by atoms with Crippen molar-refractivity contribution in [2.75, 3.05) is 0 Å². The van der Waals surface area contributed by atoms with E-state index in [9.17, 15) is 0 Å². The molecule has 22 aromatic rings. The van der Waals surface area contributed by atoms with Crippen molar-refractivity contribution in [3.63, 3.8) is 0 Å². The van der Waals surface area contributed by atoms with Gasteiger partial charge in [0.2, 0.25) is 17.8 Å². The lowest BCUT2D eigenvalue weighted by molar-refractivity contribution is 0.934. The number of nitrogens with zero attached hydrogens (tertiary/aromatic N) is 10. The third-order valence-corrected chi connectivity index (χ3v) is 23.3. The highest BCUT2D eigenvalue weighted by atomic mass is 15.2. The maximum atomic E-state index is 5.20. The predicted molar refractivity (Wildman–Crippen MR) is 478 cm³/mol. The van der Waals surface area contributed by atoms with Crippen LogP contribution in [0, 0.1) is 0 Å². The van der Waals surface area contributed by atoms with Gasteiger partial charge in [0, 0.05) is 103 Å². The van der Waals surface area contributed by atoms with Gasteiger partial charge in [0.15, 0.2) is 11.6 Å². The van der Waals surface area contributed by atoms with Gasteiger partial charge in [-0.3, -0.25) is 13.7 Å². The molecule has 0 saturated heterocycles. The van der Waals surface area contributed by atoms with Crippen LogP contribution < -0.4 is 0 Å². The summed E-state index contributed by atoms with van der Waals surface area (Å²) in [7, 11) is 0. The zero-order valence-electron chi connectivity index (χ0n) is 63.1. The van der Waals surface area contributed by atoms with Gasteiger partial charge >= 0.3 is 0 Å². The second kappa shape index (κ2) is 27.5. The van der Waals surface area contributed by atoms with Crippen LogP contribution in [0.1, 0.15) is 0 Å². The van der Waals surface area contributed by atoms with E-state index in [0.717, 1.165) is 50.2 Å². The summed E-state index contributed by atoms with van der Waals surface area (Å²) in [4.78, 5) is 34.6. The molecule has 0 amide bonds. The SMILES string of the molecule is c1ccc(-c2cc(-c3ccccc3)nc(-n3cc4c5c(c6ccccc6cc53)-c3ccccc3-c3ccccc3-4)n2)cc1.c1ccc(-c2nc(-c3ccccc3)nc(-n3cc4c5c(c6ccccc6cc53)-c3ccccc3-c3ccccc3-4)n2)cc1.c1cnc(-n2cc3c4c(c5ccccc5cc42)-c2ccccc2-c2ccccc2-3)nc1. The van der Waals surface area contributed by atoms with E-state index >= 15 is 0 Å². The molecule has 25 rings (SSSR count). The van der Waals surface area contributed by atoms with E-state index in [-0.39, 0.29) is 0 Å². The zero-order valence-corrected chi connectivity index (χ0v) is 63.1. The quantitative estimate of drug-likeness (QED) is 0.156. The molecule has 6 aromatic heterocycles. The Hall–Kier alpha value is -15.9. The number of rotatable bonds is 7. The molecule has 544 valence electrons. The number of benzene rings is 16. The van der Waals surface area contributed by atoms with Crippen molar-refractivity contribution in [3.05, 3.63) is 401 Å². The predicted octanol–water partition coefficient (Wildman–Crippen LogP) is 26.7. The maximum absolute atomic E-state index is 5.20. The van der Waals surface area contributed by atoms with Crippen molar-refractivity contribution in [1.29, 1.82) is 0 Å². The molecular weight excluding hydrogens is 1430 g/mol. The third kappa shape index (κ3) is 11.1. The lowest BCUT2D eigenvalue weighted by Gasteiger charge is -2.15. The first-order valence-corrected chi connectivity index (χ1v) is 39.5. The Morgan fingerprint density at radius 2 is 0.444 bits per heavy atom. The maximum Gasteiger partial charge on any atom is 0.238 e. The van der Waals surface area contributed by atoms with Crippen LogP contribution in [0.2, 0.25) is 0 Å². The average molecular weight is 1490 g/mol. The summed E-state index contributed by atoms with van der Waals surface area (Å²) in [5.74, 6) is 3.23. The Morgan fingerprint density at radius 3 is 0.778 bits per heavy atom. The minimum atomic E-state index is 0.594.